The molecule has 0 atom stereocenters. The van der Waals surface area contributed by atoms with Crippen molar-refractivity contribution in [2.45, 2.75) is 11.2 Å². The van der Waals surface area contributed by atoms with E-state index in [4.69, 9.17) is 0 Å². The fourth-order valence-corrected chi connectivity index (χ4v) is 1.38. The van der Waals surface area contributed by atoms with Gasteiger partial charge in [-0.3, -0.25) is 4.79 Å². The van der Waals surface area contributed by atoms with Gasteiger partial charge in [-0.25, -0.2) is 4.98 Å². The summed E-state index contributed by atoms with van der Waals surface area (Å²) in [6.45, 7) is 0. The van der Waals surface area contributed by atoms with Gasteiger partial charge >= 0.3 is 6.18 Å². The van der Waals surface area contributed by atoms with Gasteiger partial charge in [-0.2, -0.15) is 13.2 Å². The molecule has 1 heterocycles. The molecule has 0 N–H and O–H groups in total. The molecule has 0 fully saturated rings. The number of aromatic nitrogens is 1. The van der Waals surface area contributed by atoms with E-state index in [0.29, 0.717) is 11.3 Å². The molecule has 0 saturated carbocycles. The Morgan fingerprint density at radius 1 is 1.50 bits per heavy atom. The summed E-state index contributed by atoms with van der Waals surface area (Å²) in [5, 5.41) is 0.299. The van der Waals surface area contributed by atoms with Crippen molar-refractivity contribution in [3.05, 3.63) is 23.4 Å². The van der Waals surface area contributed by atoms with E-state index in [0.717, 1.165) is 24.0 Å². The molecule has 0 aromatic carbocycles. The molecule has 0 saturated heterocycles. The first-order chi connectivity index (χ1) is 6.49. The van der Waals surface area contributed by atoms with E-state index in [1.54, 1.807) is 6.26 Å². The van der Waals surface area contributed by atoms with Crippen LogP contribution >= 0.6 is 11.8 Å². The second kappa shape index (κ2) is 4.00. The minimum absolute atomic E-state index is 0.0349. The number of nitrogens with zero attached hydrogens (tertiary/aromatic N) is 1. The number of aldehydes is 1. The van der Waals surface area contributed by atoms with Crippen LogP contribution in [0.15, 0.2) is 17.3 Å². The molecule has 0 amide bonds. The molecule has 0 unspecified atom stereocenters. The maximum absolute atomic E-state index is 12.2. The molecular weight excluding hydrogens is 215 g/mol. The Balaban J connectivity index is 3.21. The summed E-state index contributed by atoms with van der Waals surface area (Å²) in [6.07, 6.45) is -1.72. The van der Waals surface area contributed by atoms with Crippen molar-refractivity contribution in [1.82, 2.24) is 4.98 Å². The lowest BCUT2D eigenvalue weighted by Gasteiger charge is -2.07. The average Bonchev–Trinajstić information content (AvgIpc) is 2.15. The van der Waals surface area contributed by atoms with Crippen LogP contribution in [-0.4, -0.2) is 17.5 Å². The Morgan fingerprint density at radius 2 is 2.14 bits per heavy atom. The average molecular weight is 221 g/mol. The number of carbonyl (C=O) groups is 1. The van der Waals surface area contributed by atoms with Crippen LogP contribution < -0.4 is 0 Å². The van der Waals surface area contributed by atoms with Crippen LogP contribution in [0.1, 0.15) is 15.9 Å². The lowest BCUT2D eigenvalue weighted by atomic mass is 10.2. The maximum Gasteiger partial charge on any atom is 0.417 e. The van der Waals surface area contributed by atoms with Gasteiger partial charge in [0, 0.05) is 11.8 Å². The number of rotatable bonds is 2. The zero-order valence-electron chi connectivity index (χ0n) is 7.13. The van der Waals surface area contributed by atoms with Crippen LogP contribution in [0, 0.1) is 0 Å². The second-order valence-corrected chi connectivity index (χ2v) is 3.23. The van der Waals surface area contributed by atoms with Gasteiger partial charge in [-0.05, 0) is 12.3 Å². The Kier molecular flexibility index (Phi) is 3.15. The molecule has 0 aliphatic carbocycles. The Hall–Kier alpha value is -1.04. The second-order valence-electron chi connectivity index (χ2n) is 2.44. The van der Waals surface area contributed by atoms with Gasteiger partial charge < -0.3 is 0 Å². The fourth-order valence-electron chi connectivity index (χ4n) is 0.879. The summed E-state index contributed by atoms with van der Waals surface area (Å²) in [5.74, 6) is 0. The van der Waals surface area contributed by atoms with Gasteiger partial charge in [0.05, 0.1) is 5.56 Å². The lowest BCUT2D eigenvalue weighted by molar-refractivity contribution is -0.137. The minimum Gasteiger partial charge on any atom is -0.298 e. The van der Waals surface area contributed by atoms with E-state index in [-0.39, 0.29) is 5.56 Å². The van der Waals surface area contributed by atoms with Crippen molar-refractivity contribution in [3.8, 4) is 0 Å². The zero-order valence-corrected chi connectivity index (χ0v) is 7.95. The molecule has 0 aliphatic heterocycles. The van der Waals surface area contributed by atoms with E-state index in [9.17, 15) is 18.0 Å². The quantitative estimate of drug-likeness (QED) is 0.568. The molecule has 0 radical (unpaired) electrons. The molecule has 14 heavy (non-hydrogen) atoms. The normalized spacial score (nSPS) is 11.4. The van der Waals surface area contributed by atoms with Gasteiger partial charge in [0.1, 0.15) is 5.03 Å². The largest absolute Gasteiger partial charge is 0.417 e. The van der Waals surface area contributed by atoms with Crippen molar-refractivity contribution in [2.24, 2.45) is 0 Å². The molecule has 0 spiro atoms. The number of pyridine rings is 1. The van der Waals surface area contributed by atoms with Crippen LogP contribution in [-0.2, 0) is 6.18 Å². The van der Waals surface area contributed by atoms with E-state index < -0.39 is 11.7 Å². The highest BCUT2D eigenvalue weighted by Gasteiger charge is 2.31. The summed E-state index contributed by atoms with van der Waals surface area (Å²) in [4.78, 5) is 14.0. The molecule has 1 rings (SSSR count). The summed E-state index contributed by atoms with van der Waals surface area (Å²) < 4.78 is 36.5. The molecule has 1 aromatic rings. The third kappa shape index (κ3) is 2.25. The maximum atomic E-state index is 12.2. The highest BCUT2D eigenvalue weighted by atomic mass is 32.2. The lowest BCUT2D eigenvalue weighted by Crippen LogP contribution is -2.07. The summed E-state index contributed by atoms with van der Waals surface area (Å²) in [5.41, 5.74) is -0.940. The number of alkyl halides is 3. The smallest absolute Gasteiger partial charge is 0.298 e. The van der Waals surface area contributed by atoms with Crippen LogP contribution in [0.5, 0.6) is 0 Å². The van der Waals surface area contributed by atoms with Crippen molar-refractivity contribution in [3.63, 3.8) is 0 Å². The third-order valence-electron chi connectivity index (χ3n) is 1.53. The fraction of sp³-hybridized carbons (Fsp3) is 0.250. The van der Waals surface area contributed by atoms with Crippen molar-refractivity contribution in [1.29, 1.82) is 0 Å². The first-order valence-corrected chi connectivity index (χ1v) is 4.78. The Morgan fingerprint density at radius 3 is 2.57 bits per heavy atom. The first kappa shape index (κ1) is 11.0. The Labute approximate surface area is 82.5 Å². The third-order valence-corrected chi connectivity index (χ3v) is 2.25. The molecular formula is C8H6F3NOS. The molecule has 0 bridgehead atoms. The predicted molar refractivity (Wildman–Crippen MR) is 46.4 cm³/mol. The standard InChI is InChI=1S/C8H6F3NOS/c1-14-7-5(4-13)2-6(3-12-7)8(9,10)11/h2-4H,1H3. The SMILES string of the molecule is CSc1ncc(C(F)(F)F)cc1C=O. The van der Waals surface area contributed by atoms with Gasteiger partial charge in [-0.1, -0.05) is 0 Å². The molecule has 6 heteroatoms. The van der Waals surface area contributed by atoms with E-state index >= 15 is 0 Å². The molecule has 1 aromatic heterocycles. The van der Waals surface area contributed by atoms with Crippen LogP contribution in [0.25, 0.3) is 0 Å². The predicted octanol–water partition coefficient (Wildman–Crippen LogP) is 2.63. The van der Waals surface area contributed by atoms with Crippen LogP contribution in [0.2, 0.25) is 0 Å². The van der Waals surface area contributed by atoms with Gasteiger partial charge in [0.2, 0.25) is 0 Å². The number of thioether (sulfide) groups is 1. The molecule has 2 nitrogen and oxygen atoms in total. The van der Waals surface area contributed by atoms with Gasteiger partial charge in [-0.15, -0.1) is 11.8 Å². The van der Waals surface area contributed by atoms with Crippen LogP contribution in [0.4, 0.5) is 13.2 Å². The number of carbonyl (C=O) groups excluding carboxylic acids is 1. The first-order valence-electron chi connectivity index (χ1n) is 3.55. The number of halogens is 3. The summed E-state index contributed by atoms with van der Waals surface area (Å²) >= 11 is 1.13. The Bertz CT molecular complexity index is 351. The topological polar surface area (TPSA) is 30.0 Å². The zero-order chi connectivity index (χ0) is 10.8. The number of hydrogen-bond acceptors (Lipinski definition) is 3. The van der Waals surface area contributed by atoms with Crippen molar-refractivity contribution in [2.75, 3.05) is 6.26 Å². The number of hydrogen-bond donors (Lipinski definition) is 0. The van der Waals surface area contributed by atoms with Crippen LogP contribution in [0.3, 0.4) is 0 Å². The van der Waals surface area contributed by atoms with Gasteiger partial charge in [0.25, 0.3) is 0 Å². The van der Waals surface area contributed by atoms with Crippen molar-refractivity contribution < 1.29 is 18.0 Å². The summed E-state index contributed by atoms with van der Waals surface area (Å²) in [7, 11) is 0. The highest BCUT2D eigenvalue weighted by molar-refractivity contribution is 7.98. The summed E-state index contributed by atoms with van der Waals surface area (Å²) in [6, 6.07) is 0.797. The van der Waals surface area contributed by atoms with E-state index in [1.165, 1.54) is 0 Å². The van der Waals surface area contributed by atoms with Gasteiger partial charge in [0.15, 0.2) is 6.29 Å². The highest BCUT2D eigenvalue weighted by Crippen LogP contribution is 2.30. The van der Waals surface area contributed by atoms with E-state index in [1.807, 2.05) is 0 Å². The molecule has 0 aliphatic rings. The van der Waals surface area contributed by atoms with Crippen molar-refractivity contribution >= 4 is 18.0 Å². The minimum atomic E-state index is -4.46. The van der Waals surface area contributed by atoms with E-state index in [2.05, 4.69) is 4.98 Å². The monoisotopic (exact) mass is 221 g/mol. The molecule has 76 valence electrons.